The first-order valence-corrected chi connectivity index (χ1v) is 17.3. The number of allylic oxidation sites excluding steroid dienone is 2. The number of rotatable bonds is 7. The molecule has 0 spiro atoms. The smallest absolute Gasteiger partial charge is 0.377 e. The van der Waals surface area contributed by atoms with Gasteiger partial charge in [-0.15, -0.1) is 10.9 Å². The summed E-state index contributed by atoms with van der Waals surface area (Å²) in [4.78, 5) is 2.16. The van der Waals surface area contributed by atoms with Crippen LogP contribution in [0.15, 0.2) is 201 Å². The van der Waals surface area contributed by atoms with Crippen molar-refractivity contribution in [2.75, 3.05) is 19.0 Å². The Balaban J connectivity index is 0.000000593. The van der Waals surface area contributed by atoms with E-state index in [1.807, 2.05) is 36.4 Å². The van der Waals surface area contributed by atoms with Gasteiger partial charge in [0, 0.05) is 45.2 Å². The number of anilines is 1. The standard InChI is InChI=1S/C40H36BN3.C6H6/c1-42(2)35-26-29-44(30-27-35)41(36-25-16-28-43(36)3)39(33-21-12-6-13-22-33)37(31-17-8-4-9-18-31)38(32-19-10-5-11-20-32)40(41)34-23-14-7-15-24-34;1-2-4-6-5-3-1/h4-30H,1-3H3;1-6H. The Morgan fingerprint density at radius 2 is 0.800 bits per heavy atom. The molecule has 0 bridgehead atoms. The third kappa shape index (κ3) is 6.01. The van der Waals surface area contributed by atoms with Gasteiger partial charge in [-0.2, -0.15) is 0 Å². The molecule has 2 aromatic heterocycles. The lowest BCUT2D eigenvalue weighted by Crippen LogP contribution is -2.73. The molecule has 244 valence electrons. The maximum atomic E-state index is 2.49. The van der Waals surface area contributed by atoms with Crippen LogP contribution in [0.2, 0.25) is 0 Å². The topological polar surface area (TPSA) is 12.1 Å². The Labute approximate surface area is 296 Å². The minimum atomic E-state index is -1.76. The second-order valence-electron chi connectivity index (χ2n) is 13.0. The average Bonchev–Trinajstić information content (AvgIpc) is 3.77. The van der Waals surface area contributed by atoms with Gasteiger partial charge in [0.1, 0.15) is 12.4 Å². The van der Waals surface area contributed by atoms with Crippen LogP contribution in [0.1, 0.15) is 22.3 Å². The quantitative estimate of drug-likeness (QED) is 0.157. The molecule has 0 saturated carbocycles. The molecule has 0 radical (unpaired) electrons. The molecule has 1 aliphatic rings. The number of aromatic nitrogens is 2. The van der Waals surface area contributed by atoms with Gasteiger partial charge in [0.05, 0.1) is 0 Å². The van der Waals surface area contributed by atoms with Gasteiger partial charge in [0.25, 0.3) is 0 Å². The molecule has 4 heteroatoms. The van der Waals surface area contributed by atoms with E-state index in [0.717, 1.165) is 0 Å². The van der Waals surface area contributed by atoms with E-state index in [4.69, 9.17) is 0 Å². The summed E-state index contributed by atoms with van der Waals surface area (Å²) in [5.74, 6) is 0. The minimum Gasteiger partial charge on any atom is -0.414 e. The number of benzene rings is 5. The third-order valence-electron chi connectivity index (χ3n) is 9.80. The van der Waals surface area contributed by atoms with Gasteiger partial charge in [0.2, 0.25) is 0 Å². The first-order chi connectivity index (χ1) is 24.6. The fourth-order valence-corrected chi connectivity index (χ4v) is 7.67. The molecule has 8 rings (SSSR count). The first kappa shape index (κ1) is 32.4. The monoisotopic (exact) mass is 647 g/mol. The Kier molecular flexibility index (Phi) is 9.44. The Morgan fingerprint density at radius 1 is 0.440 bits per heavy atom. The summed E-state index contributed by atoms with van der Waals surface area (Å²) >= 11 is 0. The van der Waals surface area contributed by atoms with Crippen LogP contribution < -0.4 is 15.0 Å². The Hall–Kier alpha value is -6.13. The highest BCUT2D eigenvalue weighted by molar-refractivity contribution is 7.16. The number of aryl methyl sites for hydroxylation is 1. The van der Waals surface area contributed by atoms with Gasteiger partial charge in [0.15, 0.2) is 0 Å². The van der Waals surface area contributed by atoms with E-state index in [0.29, 0.717) is 0 Å². The van der Waals surface area contributed by atoms with Crippen LogP contribution in [0, 0.1) is 0 Å². The molecule has 0 aliphatic carbocycles. The van der Waals surface area contributed by atoms with Crippen molar-refractivity contribution in [3.8, 4) is 0 Å². The first-order valence-electron chi connectivity index (χ1n) is 17.3. The van der Waals surface area contributed by atoms with Gasteiger partial charge in [-0.05, 0) is 28.3 Å². The van der Waals surface area contributed by atoms with Crippen molar-refractivity contribution < 1.29 is 4.48 Å². The van der Waals surface area contributed by atoms with Gasteiger partial charge >= 0.3 is 6.28 Å². The highest BCUT2D eigenvalue weighted by Gasteiger charge is 2.54. The largest absolute Gasteiger partial charge is 0.414 e. The molecule has 7 aromatic rings. The number of nitrogens with zero attached hydrogens (tertiary/aromatic N) is 3. The normalized spacial score (nSPS) is 13.5. The molecule has 1 aliphatic heterocycles. The highest BCUT2D eigenvalue weighted by atomic mass is 15.1. The van der Waals surface area contributed by atoms with Crippen molar-refractivity contribution in [2.45, 2.75) is 0 Å². The van der Waals surface area contributed by atoms with E-state index < -0.39 is 6.28 Å². The third-order valence-corrected chi connectivity index (χ3v) is 9.80. The summed E-state index contributed by atoms with van der Waals surface area (Å²) in [7, 11) is 6.37. The van der Waals surface area contributed by atoms with Crippen LogP contribution in [0.5, 0.6) is 0 Å². The molecular weight excluding hydrogens is 605 g/mol. The summed E-state index contributed by atoms with van der Waals surface area (Å²) in [5.41, 5.74) is 12.5. The van der Waals surface area contributed by atoms with Crippen molar-refractivity contribution in [3.63, 3.8) is 0 Å². The lowest BCUT2D eigenvalue weighted by atomic mass is 9.24. The van der Waals surface area contributed by atoms with Crippen LogP contribution in [-0.2, 0) is 7.05 Å². The number of hydrogen-bond donors (Lipinski definition) is 0. The second-order valence-corrected chi connectivity index (χ2v) is 13.0. The van der Waals surface area contributed by atoms with Crippen LogP contribution in [0.3, 0.4) is 0 Å². The molecule has 0 N–H and O–H groups in total. The van der Waals surface area contributed by atoms with E-state index in [1.165, 1.54) is 55.6 Å². The molecule has 0 atom stereocenters. The lowest BCUT2D eigenvalue weighted by Gasteiger charge is -2.38. The summed E-state index contributed by atoms with van der Waals surface area (Å²) in [6.45, 7) is 0. The molecule has 0 saturated heterocycles. The van der Waals surface area contributed by atoms with E-state index in [9.17, 15) is 0 Å². The molecule has 0 unspecified atom stereocenters. The van der Waals surface area contributed by atoms with Gasteiger partial charge in [-0.25, -0.2) is 0 Å². The van der Waals surface area contributed by atoms with Gasteiger partial charge in [-0.1, -0.05) is 181 Å². The average molecular weight is 648 g/mol. The summed E-state index contributed by atoms with van der Waals surface area (Å²) < 4.78 is 4.81. The van der Waals surface area contributed by atoms with Gasteiger partial charge in [-0.3, -0.25) is 0 Å². The maximum Gasteiger partial charge on any atom is 0.377 e. The van der Waals surface area contributed by atoms with E-state index >= 15 is 0 Å². The molecule has 50 heavy (non-hydrogen) atoms. The second kappa shape index (κ2) is 14.6. The minimum absolute atomic E-state index is 1.17. The van der Waals surface area contributed by atoms with Crippen LogP contribution in [-0.4, -0.2) is 24.9 Å². The van der Waals surface area contributed by atoms with Crippen molar-refractivity contribution in [1.82, 2.24) is 4.57 Å². The van der Waals surface area contributed by atoms with Crippen LogP contribution in [0.4, 0.5) is 5.69 Å². The van der Waals surface area contributed by atoms with Gasteiger partial charge < -0.3 is 13.9 Å². The Bertz CT molecular complexity index is 2080. The van der Waals surface area contributed by atoms with E-state index in [1.54, 1.807) is 0 Å². The highest BCUT2D eigenvalue weighted by Crippen LogP contribution is 2.54. The molecule has 0 amide bonds. The molecule has 5 aromatic carbocycles. The SMILES string of the molecule is CN(C)c1cc[n+]([B-]2(c3cccn3C)C(c3ccccc3)=C(c3ccccc3)C(c3ccccc3)=C2c2ccccc2)cc1.c1ccccc1. The van der Waals surface area contributed by atoms with Crippen LogP contribution >= 0.6 is 0 Å². The molecular formula is C46H42BN3. The van der Waals surface area contributed by atoms with Crippen LogP contribution in [0.25, 0.3) is 22.1 Å². The maximum absolute atomic E-state index is 2.49. The summed E-state index contributed by atoms with van der Waals surface area (Å²) in [6, 6.07) is 64.9. The van der Waals surface area contributed by atoms with E-state index in [2.05, 4.69) is 199 Å². The molecule has 0 fully saturated rings. The van der Waals surface area contributed by atoms with E-state index in [-0.39, 0.29) is 0 Å². The van der Waals surface area contributed by atoms with Crippen molar-refractivity contribution in [1.29, 1.82) is 0 Å². The lowest BCUT2D eigenvalue weighted by molar-refractivity contribution is -0.538. The van der Waals surface area contributed by atoms with Crippen molar-refractivity contribution in [2.24, 2.45) is 7.05 Å². The summed E-state index contributed by atoms with van der Waals surface area (Å²) in [6.07, 6.45) is 4.99. The van der Waals surface area contributed by atoms with Crippen molar-refractivity contribution >= 4 is 39.7 Å². The molecule has 3 heterocycles. The number of hydrogen-bond acceptors (Lipinski definition) is 1. The zero-order chi connectivity index (χ0) is 34.3. The zero-order valence-corrected chi connectivity index (χ0v) is 29.0. The predicted molar refractivity (Wildman–Crippen MR) is 213 cm³/mol. The fraction of sp³-hybridized carbons (Fsp3) is 0.0652. The Morgan fingerprint density at radius 3 is 1.14 bits per heavy atom. The zero-order valence-electron chi connectivity index (χ0n) is 29.0. The van der Waals surface area contributed by atoms with Crippen molar-refractivity contribution in [3.05, 3.63) is 223 Å². The predicted octanol–water partition coefficient (Wildman–Crippen LogP) is 9.08. The summed E-state index contributed by atoms with van der Waals surface area (Å²) in [5, 5.41) is 0. The number of pyridine rings is 1. The molecule has 3 nitrogen and oxygen atoms in total. The fourth-order valence-electron chi connectivity index (χ4n) is 7.67.